The second-order valence-corrected chi connectivity index (χ2v) is 6.93. The molecule has 0 N–H and O–H groups in total. The molecule has 0 saturated heterocycles. The van der Waals surface area contributed by atoms with Crippen molar-refractivity contribution in [1.29, 1.82) is 0 Å². The van der Waals surface area contributed by atoms with Gasteiger partial charge in [-0.25, -0.2) is 0 Å². The second-order valence-electron chi connectivity index (χ2n) is 6.93. The van der Waals surface area contributed by atoms with E-state index >= 15 is 0 Å². The van der Waals surface area contributed by atoms with E-state index in [1.54, 1.807) is 0 Å². The lowest BCUT2D eigenvalue weighted by Crippen LogP contribution is -2.10. The Labute approximate surface area is 129 Å². The van der Waals surface area contributed by atoms with Crippen LogP contribution in [0.1, 0.15) is 57.2 Å². The summed E-state index contributed by atoms with van der Waals surface area (Å²) in [6.07, 6.45) is 0. The summed E-state index contributed by atoms with van der Waals surface area (Å²) < 4.78 is 6.01. The molecule has 112 valence electrons. The first kappa shape index (κ1) is 15.6. The smallest absolute Gasteiger partial charge is 0.123 e. The first-order valence-corrected chi connectivity index (χ1v) is 7.69. The third kappa shape index (κ3) is 4.10. The van der Waals surface area contributed by atoms with Gasteiger partial charge in [-0.05, 0) is 34.1 Å². The van der Waals surface area contributed by atoms with Crippen LogP contribution >= 0.6 is 0 Å². The maximum Gasteiger partial charge on any atom is 0.123 e. The first-order valence-electron chi connectivity index (χ1n) is 7.69. The molecular formula is C20H26O. The van der Waals surface area contributed by atoms with Gasteiger partial charge in [-0.3, -0.25) is 0 Å². The van der Waals surface area contributed by atoms with Gasteiger partial charge in [-0.1, -0.05) is 77.1 Å². The van der Waals surface area contributed by atoms with Crippen molar-refractivity contribution in [3.8, 4) is 5.75 Å². The Balaban J connectivity index is 2.07. The molecule has 0 aliphatic heterocycles. The van der Waals surface area contributed by atoms with Gasteiger partial charge >= 0.3 is 0 Å². The summed E-state index contributed by atoms with van der Waals surface area (Å²) in [5, 5.41) is 0. The van der Waals surface area contributed by atoms with E-state index in [-0.39, 0.29) is 5.41 Å². The van der Waals surface area contributed by atoms with Crippen LogP contribution in [-0.4, -0.2) is 0 Å². The molecule has 0 aromatic heterocycles. The van der Waals surface area contributed by atoms with Crippen molar-refractivity contribution < 1.29 is 4.74 Å². The van der Waals surface area contributed by atoms with Crippen LogP contribution in [0.4, 0.5) is 0 Å². The zero-order valence-corrected chi connectivity index (χ0v) is 13.8. The normalized spacial score (nSPS) is 11.7. The zero-order valence-electron chi connectivity index (χ0n) is 13.8. The molecule has 0 amide bonds. The van der Waals surface area contributed by atoms with Crippen molar-refractivity contribution in [1.82, 2.24) is 0 Å². The van der Waals surface area contributed by atoms with Crippen molar-refractivity contribution in [3.63, 3.8) is 0 Å². The fraction of sp³-hybridized carbons (Fsp3) is 0.400. The lowest BCUT2D eigenvalue weighted by atomic mass is 9.87. The third-order valence-electron chi connectivity index (χ3n) is 3.76. The minimum Gasteiger partial charge on any atom is -0.489 e. The van der Waals surface area contributed by atoms with Crippen LogP contribution in [0, 0.1) is 0 Å². The summed E-state index contributed by atoms with van der Waals surface area (Å²) in [6, 6.07) is 17.0. The molecule has 0 saturated carbocycles. The van der Waals surface area contributed by atoms with Gasteiger partial charge in [0.25, 0.3) is 0 Å². The van der Waals surface area contributed by atoms with Crippen molar-refractivity contribution in [2.75, 3.05) is 0 Å². The van der Waals surface area contributed by atoms with Gasteiger partial charge in [0.1, 0.15) is 12.4 Å². The average Bonchev–Trinajstić information content (AvgIpc) is 2.45. The Hall–Kier alpha value is -1.76. The van der Waals surface area contributed by atoms with Gasteiger partial charge in [0.15, 0.2) is 0 Å². The summed E-state index contributed by atoms with van der Waals surface area (Å²) in [4.78, 5) is 0. The molecule has 0 unspecified atom stereocenters. The predicted molar refractivity (Wildman–Crippen MR) is 90.0 cm³/mol. The number of hydrogen-bond acceptors (Lipinski definition) is 1. The molecule has 1 heteroatoms. The monoisotopic (exact) mass is 282 g/mol. The topological polar surface area (TPSA) is 9.23 Å². The molecule has 0 fully saturated rings. The fourth-order valence-corrected chi connectivity index (χ4v) is 2.35. The van der Waals surface area contributed by atoms with Crippen molar-refractivity contribution >= 4 is 0 Å². The molecule has 0 aliphatic carbocycles. The number of rotatable bonds is 4. The molecule has 0 bridgehead atoms. The van der Waals surface area contributed by atoms with E-state index in [4.69, 9.17) is 4.74 Å². The third-order valence-corrected chi connectivity index (χ3v) is 3.76. The quantitative estimate of drug-likeness (QED) is 0.700. The molecule has 0 aliphatic rings. The fourth-order valence-electron chi connectivity index (χ4n) is 2.35. The van der Waals surface area contributed by atoms with E-state index in [0.717, 1.165) is 5.75 Å². The summed E-state index contributed by atoms with van der Waals surface area (Å²) in [6.45, 7) is 11.7. The maximum atomic E-state index is 6.01. The summed E-state index contributed by atoms with van der Waals surface area (Å²) in [5.74, 6) is 1.47. The van der Waals surface area contributed by atoms with E-state index < -0.39 is 0 Å². The van der Waals surface area contributed by atoms with Crippen molar-refractivity contribution in [2.45, 2.75) is 52.6 Å². The molecule has 2 aromatic carbocycles. The standard InChI is InChI=1S/C20H26O/c1-15(2)18-8-6-7-9-19(18)21-14-16-10-12-17(13-11-16)20(3,4)5/h6-13,15H,14H2,1-5H3. The minimum absolute atomic E-state index is 0.198. The van der Waals surface area contributed by atoms with Crippen LogP contribution in [0.25, 0.3) is 0 Å². The molecule has 0 spiro atoms. The van der Waals surface area contributed by atoms with Gasteiger partial charge in [0.2, 0.25) is 0 Å². The van der Waals surface area contributed by atoms with Crippen LogP contribution < -0.4 is 4.74 Å². The van der Waals surface area contributed by atoms with E-state index in [1.165, 1.54) is 16.7 Å². The van der Waals surface area contributed by atoms with E-state index in [2.05, 4.69) is 77.1 Å². The van der Waals surface area contributed by atoms with Gasteiger partial charge in [-0.15, -0.1) is 0 Å². The highest BCUT2D eigenvalue weighted by molar-refractivity contribution is 5.36. The van der Waals surface area contributed by atoms with Crippen LogP contribution in [-0.2, 0) is 12.0 Å². The molecule has 0 radical (unpaired) electrons. The molecule has 21 heavy (non-hydrogen) atoms. The number of hydrogen-bond donors (Lipinski definition) is 0. The highest BCUT2D eigenvalue weighted by Crippen LogP contribution is 2.27. The number of ether oxygens (including phenoxy) is 1. The SMILES string of the molecule is CC(C)c1ccccc1OCc1ccc(C(C)(C)C)cc1. The lowest BCUT2D eigenvalue weighted by molar-refractivity contribution is 0.301. The highest BCUT2D eigenvalue weighted by Gasteiger charge is 2.13. The molecule has 0 heterocycles. The van der Waals surface area contributed by atoms with Crippen molar-refractivity contribution in [3.05, 3.63) is 65.2 Å². The Morgan fingerprint density at radius 2 is 1.52 bits per heavy atom. The Morgan fingerprint density at radius 3 is 2.10 bits per heavy atom. The van der Waals surface area contributed by atoms with Gasteiger partial charge in [0.05, 0.1) is 0 Å². The summed E-state index contributed by atoms with van der Waals surface area (Å²) in [5.41, 5.74) is 4.03. The van der Waals surface area contributed by atoms with E-state index in [9.17, 15) is 0 Å². The molecule has 2 rings (SSSR count). The Kier molecular flexibility index (Phi) is 4.72. The van der Waals surface area contributed by atoms with Gasteiger partial charge in [-0.2, -0.15) is 0 Å². The number of para-hydroxylation sites is 1. The maximum absolute atomic E-state index is 6.01. The largest absolute Gasteiger partial charge is 0.489 e. The number of benzene rings is 2. The average molecular weight is 282 g/mol. The van der Waals surface area contributed by atoms with Gasteiger partial charge < -0.3 is 4.74 Å². The van der Waals surface area contributed by atoms with E-state index in [0.29, 0.717) is 12.5 Å². The summed E-state index contributed by atoms with van der Waals surface area (Å²) >= 11 is 0. The molecule has 0 atom stereocenters. The van der Waals surface area contributed by atoms with E-state index in [1.807, 2.05) is 6.07 Å². The molecule has 2 aromatic rings. The van der Waals surface area contributed by atoms with Crippen LogP contribution in [0.2, 0.25) is 0 Å². The predicted octanol–water partition coefficient (Wildman–Crippen LogP) is 5.69. The van der Waals surface area contributed by atoms with Crippen LogP contribution in [0.5, 0.6) is 5.75 Å². The zero-order chi connectivity index (χ0) is 15.5. The van der Waals surface area contributed by atoms with Crippen LogP contribution in [0.15, 0.2) is 48.5 Å². The Morgan fingerprint density at radius 1 is 0.905 bits per heavy atom. The molecular weight excluding hydrogens is 256 g/mol. The Bertz CT molecular complexity index is 574. The summed E-state index contributed by atoms with van der Waals surface area (Å²) in [7, 11) is 0. The van der Waals surface area contributed by atoms with Crippen LogP contribution in [0.3, 0.4) is 0 Å². The first-order chi connectivity index (χ1) is 9.88. The minimum atomic E-state index is 0.198. The van der Waals surface area contributed by atoms with Gasteiger partial charge in [0, 0.05) is 0 Å². The lowest BCUT2D eigenvalue weighted by Gasteiger charge is -2.19. The molecule has 1 nitrogen and oxygen atoms in total. The second kappa shape index (κ2) is 6.34. The van der Waals surface area contributed by atoms with Crippen molar-refractivity contribution in [2.24, 2.45) is 0 Å². The highest BCUT2D eigenvalue weighted by atomic mass is 16.5.